The summed E-state index contributed by atoms with van der Waals surface area (Å²) in [6.07, 6.45) is 2.75. The predicted octanol–water partition coefficient (Wildman–Crippen LogP) is 3.10. The van der Waals surface area contributed by atoms with Gasteiger partial charge in [-0.05, 0) is 47.9 Å². The van der Waals surface area contributed by atoms with Crippen LogP contribution >= 0.6 is 0 Å². The van der Waals surface area contributed by atoms with Gasteiger partial charge in [0.25, 0.3) is 0 Å². The number of fused-ring (bicyclic) bond motifs is 1. The fraction of sp³-hybridized carbons (Fsp3) is 0.500. The molecule has 0 spiro atoms. The van der Waals surface area contributed by atoms with Gasteiger partial charge < -0.3 is 19.5 Å². The number of esters is 1. The highest BCUT2D eigenvalue weighted by atomic mass is 16.5. The first-order chi connectivity index (χ1) is 14.1. The van der Waals surface area contributed by atoms with Gasteiger partial charge in [-0.15, -0.1) is 0 Å². The molecule has 2 heterocycles. The highest BCUT2D eigenvalue weighted by Crippen LogP contribution is 2.38. The highest BCUT2D eigenvalue weighted by molar-refractivity contribution is 5.92. The van der Waals surface area contributed by atoms with E-state index in [1.807, 2.05) is 32.0 Å². The summed E-state index contributed by atoms with van der Waals surface area (Å²) in [7, 11) is 1.59. The lowest BCUT2D eigenvalue weighted by Gasteiger charge is -2.27. The third-order valence-corrected chi connectivity index (χ3v) is 4.63. The number of unbranched alkanes of at least 4 members (excludes halogenated alkanes) is 1. The van der Waals surface area contributed by atoms with Gasteiger partial charge in [-0.25, -0.2) is 4.79 Å². The quantitative estimate of drug-likeness (QED) is 0.505. The molecule has 1 unspecified atom stereocenters. The van der Waals surface area contributed by atoms with Gasteiger partial charge in [0.1, 0.15) is 6.04 Å². The molecule has 1 aliphatic heterocycles. The number of carbonyl (C=O) groups excluding carboxylic acids is 1. The van der Waals surface area contributed by atoms with Crippen molar-refractivity contribution in [3.8, 4) is 11.5 Å². The van der Waals surface area contributed by atoms with Gasteiger partial charge in [0, 0.05) is 5.70 Å². The van der Waals surface area contributed by atoms with Gasteiger partial charge in [-0.1, -0.05) is 31.4 Å². The van der Waals surface area contributed by atoms with Crippen LogP contribution in [0.25, 0.3) is 0 Å². The van der Waals surface area contributed by atoms with Crippen LogP contribution in [-0.2, 0) is 9.53 Å². The molecular weight excluding hydrogens is 374 g/mol. The van der Waals surface area contributed by atoms with E-state index in [0.717, 1.165) is 24.8 Å². The van der Waals surface area contributed by atoms with Gasteiger partial charge in [0.05, 0.1) is 25.9 Å². The van der Waals surface area contributed by atoms with Crippen LogP contribution in [-0.4, -0.2) is 46.5 Å². The molecule has 9 heteroatoms. The van der Waals surface area contributed by atoms with E-state index >= 15 is 0 Å². The number of anilines is 1. The minimum absolute atomic E-state index is 0.346. The SMILES string of the molecule is CCCCOc1ccc(C2C(C(=O)OCCC)=C(C)Nc3nnnn32)cc1OC. The number of hydrogen-bond acceptors (Lipinski definition) is 8. The molecule has 1 aromatic carbocycles. The fourth-order valence-corrected chi connectivity index (χ4v) is 3.16. The van der Waals surface area contributed by atoms with Crippen LogP contribution in [0, 0.1) is 0 Å². The minimum atomic E-state index is -0.538. The molecule has 0 saturated carbocycles. The molecule has 3 rings (SSSR count). The second-order valence-corrected chi connectivity index (χ2v) is 6.76. The fourth-order valence-electron chi connectivity index (χ4n) is 3.16. The number of benzene rings is 1. The smallest absolute Gasteiger partial charge is 0.338 e. The van der Waals surface area contributed by atoms with E-state index in [-0.39, 0.29) is 0 Å². The Morgan fingerprint density at radius 2 is 2.03 bits per heavy atom. The first-order valence-electron chi connectivity index (χ1n) is 9.84. The summed E-state index contributed by atoms with van der Waals surface area (Å²) in [6, 6.07) is 5.05. The summed E-state index contributed by atoms with van der Waals surface area (Å²) < 4.78 is 18.3. The van der Waals surface area contributed by atoms with E-state index in [9.17, 15) is 4.79 Å². The number of nitrogens with zero attached hydrogens (tertiary/aromatic N) is 4. The summed E-state index contributed by atoms with van der Waals surface area (Å²) in [5.41, 5.74) is 1.91. The first kappa shape index (κ1) is 20.6. The largest absolute Gasteiger partial charge is 0.493 e. The summed E-state index contributed by atoms with van der Waals surface area (Å²) in [6.45, 7) is 6.83. The number of ether oxygens (including phenoxy) is 3. The van der Waals surface area contributed by atoms with Crippen molar-refractivity contribution in [1.29, 1.82) is 0 Å². The van der Waals surface area contributed by atoms with E-state index in [1.165, 1.54) is 0 Å². The molecule has 156 valence electrons. The van der Waals surface area contributed by atoms with Crippen molar-refractivity contribution in [2.24, 2.45) is 0 Å². The number of aromatic nitrogens is 4. The Hall–Kier alpha value is -3.10. The van der Waals surface area contributed by atoms with E-state index in [2.05, 4.69) is 27.8 Å². The van der Waals surface area contributed by atoms with Crippen LogP contribution in [0.2, 0.25) is 0 Å². The minimum Gasteiger partial charge on any atom is -0.493 e. The molecule has 2 aromatic rings. The molecule has 29 heavy (non-hydrogen) atoms. The van der Waals surface area contributed by atoms with Crippen molar-refractivity contribution in [3.05, 3.63) is 35.0 Å². The maximum atomic E-state index is 12.8. The number of tetrazole rings is 1. The Morgan fingerprint density at radius 1 is 1.21 bits per heavy atom. The van der Waals surface area contributed by atoms with Crippen LogP contribution < -0.4 is 14.8 Å². The number of rotatable bonds is 9. The topological polar surface area (TPSA) is 100 Å². The Balaban J connectivity index is 2.00. The second-order valence-electron chi connectivity index (χ2n) is 6.76. The lowest BCUT2D eigenvalue weighted by Crippen LogP contribution is -2.29. The van der Waals surface area contributed by atoms with Gasteiger partial charge in [-0.3, -0.25) is 0 Å². The van der Waals surface area contributed by atoms with Crippen LogP contribution in [0.3, 0.4) is 0 Å². The van der Waals surface area contributed by atoms with Crippen LogP contribution in [0.4, 0.5) is 5.95 Å². The summed E-state index contributed by atoms with van der Waals surface area (Å²) in [5.74, 6) is 1.31. The van der Waals surface area contributed by atoms with E-state index in [1.54, 1.807) is 11.8 Å². The third kappa shape index (κ3) is 4.33. The molecule has 0 bridgehead atoms. The zero-order chi connectivity index (χ0) is 20.8. The van der Waals surface area contributed by atoms with Crippen molar-refractivity contribution >= 4 is 11.9 Å². The Morgan fingerprint density at radius 3 is 2.76 bits per heavy atom. The Labute approximate surface area is 170 Å². The van der Waals surface area contributed by atoms with Gasteiger partial charge >= 0.3 is 5.97 Å². The van der Waals surface area contributed by atoms with E-state index < -0.39 is 12.0 Å². The zero-order valence-corrected chi connectivity index (χ0v) is 17.3. The van der Waals surface area contributed by atoms with Crippen LogP contribution in [0.1, 0.15) is 51.6 Å². The molecule has 0 amide bonds. The van der Waals surface area contributed by atoms with Crippen molar-refractivity contribution in [2.75, 3.05) is 25.6 Å². The van der Waals surface area contributed by atoms with Gasteiger partial charge in [0.2, 0.25) is 5.95 Å². The Kier molecular flexibility index (Phi) is 6.69. The number of methoxy groups -OCH3 is 1. The Bertz CT molecular complexity index is 893. The lowest BCUT2D eigenvalue weighted by atomic mass is 9.95. The number of nitrogens with one attached hydrogen (secondary N) is 1. The molecule has 0 aliphatic carbocycles. The molecule has 1 aromatic heterocycles. The average molecular weight is 401 g/mol. The molecule has 1 atom stereocenters. The number of hydrogen-bond donors (Lipinski definition) is 1. The summed E-state index contributed by atoms with van der Waals surface area (Å²) >= 11 is 0. The highest BCUT2D eigenvalue weighted by Gasteiger charge is 2.35. The maximum absolute atomic E-state index is 12.8. The predicted molar refractivity (Wildman–Crippen MR) is 107 cm³/mol. The van der Waals surface area contributed by atoms with Crippen molar-refractivity contribution < 1.29 is 19.0 Å². The molecular formula is C20H27N5O4. The van der Waals surface area contributed by atoms with Gasteiger partial charge in [-0.2, -0.15) is 4.68 Å². The monoisotopic (exact) mass is 401 g/mol. The van der Waals surface area contributed by atoms with Gasteiger partial charge in [0.15, 0.2) is 11.5 Å². The maximum Gasteiger partial charge on any atom is 0.338 e. The average Bonchev–Trinajstić information content (AvgIpc) is 3.19. The standard InChI is InChI=1S/C20H27N5O4/c1-5-7-11-28-15-9-8-14(12-16(15)27-4)18-17(19(26)29-10-6-2)13(3)21-20-22-23-24-25(18)20/h8-9,12,18H,5-7,10-11H2,1-4H3,(H,21,22,24). The molecule has 1 aliphatic rings. The number of allylic oxidation sites excluding steroid dienone is 1. The molecule has 0 radical (unpaired) electrons. The van der Waals surface area contributed by atoms with Crippen LogP contribution in [0.5, 0.6) is 11.5 Å². The van der Waals surface area contributed by atoms with Crippen molar-refractivity contribution in [2.45, 2.75) is 46.1 Å². The molecule has 0 fully saturated rings. The first-order valence-corrected chi connectivity index (χ1v) is 9.84. The molecule has 0 saturated heterocycles. The van der Waals surface area contributed by atoms with E-state index in [4.69, 9.17) is 14.2 Å². The summed E-state index contributed by atoms with van der Waals surface area (Å²) in [5, 5.41) is 14.9. The molecule has 9 nitrogen and oxygen atoms in total. The van der Waals surface area contributed by atoms with Crippen LogP contribution in [0.15, 0.2) is 29.5 Å². The van der Waals surface area contributed by atoms with Crippen molar-refractivity contribution in [3.63, 3.8) is 0 Å². The lowest BCUT2D eigenvalue weighted by molar-refractivity contribution is -0.139. The number of carbonyl (C=O) groups is 1. The van der Waals surface area contributed by atoms with E-state index in [0.29, 0.717) is 41.9 Å². The van der Waals surface area contributed by atoms with Crippen molar-refractivity contribution in [1.82, 2.24) is 20.2 Å². The summed E-state index contributed by atoms with van der Waals surface area (Å²) in [4.78, 5) is 12.8. The molecule has 1 N–H and O–H groups in total. The third-order valence-electron chi connectivity index (χ3n) is 4.63. The normalized spacial score (nSPS) is 15.5. The second kappa shape index (κ2) is 9.40. The zero-order valence-electron chi connectivity index (χ0n) is 17.3.